The van der Waals surface area contributed by atoms with Crippen LogP contribution in [0.3, 0.4) is 0 Å². The van der Waals surface area contributed by atoms with Crippen molar-refractivity contribution in [2.45, 2.75) is 19.9 Å². The topological polar surface area (TPSA) is 91.0 Å². The van der Waals surface area contributed by atoms with E-state index in [9.17, 15) is 4.79 Å². The maximum atomic E-state index is 11.6. The van der Waals surface area contributed by atoms with Crippen molar-refractivity contribution >= 4 is 11.9 Å². The molecule has 0 aromatic carbocycles. The number of imidazole rings is 1. The summed E-state index contributed by atoms with van der Waals surface area (Å²) in [4.78, 5) is 26.4. The van der Waals surface area contributed by atoms with E-state index in [4.69, 9.17) is 4.74 Å². The van der Waals surface area contributed by atoms with Crippen LogP contribution in [0.4, 0.5) is 5.95 Å². The van der Waals surface area contributed by atoms with Gasteiger partial charge in [-0.2, -0.15) is 5.10 Å². The minimum atomic E-state index is -0.307. The number of ether oxygens (including phenoxy) is 1. The van der Waals surface area contributed by atoms with Gasteiger partial charge in [-0.25, -0.2) is 15.0 Å². The number of hydrogen-bond donors (Lipinski definition) is 0. The van der Waals surface area contributed by atoms with E-state index in [1.807, 2.05) is 25.6 Å². The molecule has 0 unspecified atom stereocenters. The highest BCUT2D eigenvalue weighted by atomic mass is 16.5. The first-order chi connectivity index (χ1) is 13.1. The zero-order valence-corrected chi connectivity index (χ0v) is 15.7. The second kappa shape index (κ2) is 8.43. The summed E-state index contributed by atoms with van der Waals surface area (Å²) in [5.41, 5.74) is 1.99. The molecule has 3 rings (SSSR count). The molecule has 0 radical (unpaired) electrons. The molecule has 0 spiro atoms. The lowest BCUT2D eigenvalue weighted by Crippen LogP contribution is -2.28. The summed E-state index contributed by atoms with van der Waals surface area (Å²) in [6.45, 7) is 3.02. The summed E-state index contributed by atoms with van der Waals surface area (Å²) in [7, 11) is 3.66. The predicted octanol–water partition coefficient (Wildman–Crippen LogP) is 1.32. The number of aromatic nitrogens is 6. The second-order valence-corrected chi connectivity index (χ2v) is 6.15. The minimum Gasteiger partial charge on any atom is -0.465 e. The zero-order valence-electron chi connectivity index (χ0n) is 15.7. The highest BCUT2D eigenvalue weighted by molar-refractivity contribution is 5.74. The van der Waals surface area contributed by atoms with Gasteiger partial charge in [-0.05, 0) is 18.9 Å². The maximum Gasteiger partial charge on any atom is 0.325 e. The normalized spacial score (nSPS) is 10.8. The fraction of sp³-hybridized carbons (Fsp3) is 0.389. The number of carbonyl (C=O) groups excluding carboxylic acids is 1. The number of esters is 1. The summed E-state index contributed by atoms with van der Waals surface area (Å²) in [6, 6.07) is 0. The Morgan fingerprint density at radius 3 is 2.67 bits per heavy atom. The van der Waals surface area contributed by atoms with Gasteiger partial charge in [-0.1, -0.05) is 0 Å². The van der Waals surface area contributed by atoms with Crippen LogP contribution in [-0.2, 0) is 29.5 Å². The van der Waals surface area contributed by atoms with E-state index < -0.39 is 0 Å². The van der Waals surface area contributed by atoms with Crippen LogP contribution in [0.1, 0.15) is 12.5 Å². The van der Waals surface area contributed by atoms with Crippen molar-refractivity contribution in [1.29, 1.82) is 0 Å². The molecule has 3 aromatic heterocycles. The molecule has 0 bridgehead atoms. The average molecular weight is 369 g/mol. The molecule has 3 heterocycles. The molecule has 3 aromatic rings. The van der Waals surface area contributed by atoms with Gasteiger partial charge < -0.3 is 14.2 Å². The third kappa shape index (κ3) is 4.69. The predicted molar refractivity (Wildman–Crippen MR) is 100 cm³/mol. The first-order valence-electron chi connectivity index (χ1n) is 8.74. The van der Waals surface area contributed by atoms with Gasteiger partial charge in [0, 0.05) is 51.6 Å². The SMILES string of the molecule is CCOC(=O)CN(C)c1ncc(-c2nccn2CCc2cnn(C)c2)cn1. The van der Waals surface area contributed by atoms with Gasteiger partial charge in [0.05, 0.1) is 18.4 Å². The zero-order chi connectivity index (χ0) is 19.2. The highest BCUT2D eigenvalue weighted by Crippen LogP contribution is 2.18. The summed E-state index contributed by atoms with van der Waals surface area (Å²) in [6.07, 6.45) is 11.9. The molecular formula is C18H23N7O2. The Kier molecular flexibility index (Phi) is 5.80. The number of rotatable bonds is 8. The van der Waals surface area contributed by atoms with E-state index >= 15 is 0 Å². The van der Waals surface area contributed by atoms with E-state index in [0.29, 0.717) is 12.6 Å². The van der Waals surface area contributed by atoms with Crippen LogP contribution in [-0.4, -0.2) is 55.5 Å². The molecule has 142 valence electrons. The van der Waals surface area contributed by atoms with Crippen LogP contribution in [0, 0.1) is 0 Å². The lowest BCUT2D eigenvalue weighted by atomic mass is 10.2. The Labute approximate surface area is 157 Å². The third-order valence-corrected chi connectivity index (χ3v) is 4.02. The van der Waals surface area contributed by atoms with Crippen LogP contribution < -0.4 is 4.90 Å². The fourth-order valence-electron chi connectivity index (χ4n) is 2.71. The van der Waals surface area contributed by atoms with Gasteiger partial charge in [0.1, 0.15) is 12.4 Å². The summed E-state index contributed by atoms with van der Waals surface area (Å²) >= 11 is 0. The molecule has 0 aliphatic carbocycles. The average Bonchev–Trinajstić information content (AvgIpc) is 3.29. The molecule has 0 amide bonds. The lowest BCUT2D eigenvalue weighted by Gasteiger charge is -2.15. The van der Waals surface area contributed by atoms with Crippen molar-refractivity contribution in [2.75, 3.05) is 25.1 Å². The van der Waals surface area contributed by atoms with Crippen molar-refractivity contribution < 1.29 is 9.53 Å². The first kappa shape index (κ1) is 18.6. The number of aryl methyl sites for hydroxylation is 3. The number of anilines is 1. The quantitative estimate of drug-likeness (QED) is 0.553. The number of carbonyl (C=O) groups is 1. The van der Waals surface area contributed by atoms with E-state index in [-0.39, 0.29) is 12.5 Å². The molecule has 0 atom stereocenters. The number of hydrogen-bond acceptors (Lipinski definition) is 7. The van der Waals surface area contributed by atoms with Crippen LogP contribution in [0.25, 0.3) is 11.4 Å². The molecular weight excluding hydrogens is 346 g/mol. The molecule has 0 aliphatic rings. The van der Waals surface area contributed by atoms with Gasteiger partial charge in [-0.3, -0.25) is 9.48 Å². The smallest absolute Gasteiger partial charge is 0.325 e. The summed E-state index contributed by atoms with van der Waals surface area (Å²) < 4.78 is 8.80. The van der Waals surface area contributed by atoms with Gasteiger partial charge in [-0.15, -0.1) is 0 Å². The Balaban J connectivity index is 1.67. The first-order valence-corrected chi connectivity index (χ1v) is 8.74. The Bertz CT molecular complexity index is 885. The van der Waals surface area contributed by atoms with Crippen LogP contribution >= 0.6 is 0 Å². The van der Waals surface area contributed by atoms with Crippen molar-refractivity contribution in [3.05, 3.63) is 42.7 Å². The monoisotopic (exact) mass is 369 g/mol. The minimum absolute atomic E-state index is 0.104. The van der Waals surface area contributed by atoms with Crippen molar-refractivity contribution in [1.82, 2.24) is 29.3 Å². The van der Waals surface area contributed by atoms with Crippen molar-refractivity contribution in [3.8, 4) is 11.4 Å². The Morgan fingerprint density at radius 1 is 1.22 bits per heavy atom. The Hall–Kier alpha value is -3.23. The largest absolute Gasteiger partial charge is 0.465 e. The van der Waals surface area contributed by atoms with Gasteiger partial charge in [0.25, 0.3) is 0 Å². The number of likely N-dealkylation sites (N-methyl/N-ethyl adjacent to an activating group) is 1. The second-order valence-electron chi connectivity index (χ2n) is 6.15. The fourth-order valence-corrected chi connectivity index (χ4v) is 2.71. The van der Waals surface area contributed by atoms with E-state index in [1.54, 1.807) is 42.1 Å². The van der Waals surface area contributed by atoms with Crippen LogP contribution in [0.2, 0.25) is 0 Å². The summed E-state index contributed by atoms with van der Waals surface area (Å²) in [5.74, 6) is 0.956. The highest BCUT2D eigenvalue weighted by Gasteiger charge is 2.12. The standard InChI is InChI=1S/C18H23N7O2/c1-4-27-16(26)13-23(2)18-20-10-15(11-21-18)17-19-6-8-25(17)7-5-14-9-22-24(3)12-14/h6,8-12H,4-5,7,13H2,1-3H3. The molecule has 9 heteroatoms. The lowest BCUT2D eigenvalue weighted by molar-refractivity contribution is -0.141. The van der Waals surface area contributed by atoms with Crippen molar-refractivity contribution in [3.63, 3.8) is 0 Å². The molecule has 0 fully saturated rings. The van der Waals surface area contributed by atoms with Gasteiger partial charge in [0.15, 0.2) is 0 Å². The van der Waals surface area contributed by atoms with Crippen molar-refractivity contribution in [2.24, 2.45) is 7.05 Å². The van der Waals surface area contributed by atoms with Crippen LogP contribution in [0.5, 0.6) is 0 Å². The molecule has 27 heavy (non-hydrogen) atoms. The molecule has 0 N–H and O–H groups in total. The third-order valence-electron chi connectivity index (χ3n) is 4.02. The molecule has 9 nitrogen and oxygen atoms in total. The number of nitrogens with zero attached hydrogens (tertiary/aromatic N) is 7. The van der Waals surface area contributed by atoms with E-state index in [1.165, 1.54) is 5.56 Å². The van der Waals surface area contributed by atoms with Gasteiger partial charge in [0.2, 0.25) is 5.95 Å². The maximum absolute atomic E-state index is 11.6. The molecule has 0 saturated carbocycles. The molecule has 0 saturated heterocycles. The summed E-state index contributed by atoms with van der Waals surface area (Å²) in [5, 5.41) is 4.19. The Morgan fingerprint density at radius 2 is 2.00 bits per heavy atom. The molecule has 0 aliphatic heterocycles. The van der Waals surface area contributed by atoms with E-state index in [2.05, 4.69) is 24.6 Å². The van der Waals surface area contributed by atoms with Gasteiger partial charge >= 0.3 is 5.97 Å². The van der Waals surface area contributed by atoms with E-state index in [0.717, 1.165) is 24.4 Å². The van der Waals surface area contributed by atoms with Crippen LogP contribution in [0.15, 0.2) is 37.2 Å².